The summed E-state index contributed by atoms with van der Waals surface area (Å²) >= 11 is 2.17. The minimum atomic E-state index is -3.56. The summed E-state index contributed by atoms with van der Waals surface area (Å²) in [5.74, 6) is 0.304. The zero-order valence-electron chi connectivity index (χ0n) is 13.6. The topological polar surface area (TPSA) is 60.4 Å². The van der Waals surface area contributed by atoms with Crippen LogP contribution in [0.4, 0.5) is 0 Å². The Morgan fingerprint density at radius 3 is 2.00 bits per heavy atom. The normalized spacial score (nSPS) is 11.1. The van der Waals surface area contributed by atoms with Crippen LogP contribution in [0.5, 0.6) is 5.75 Å². The quantitative estimate of drug-likeness (QED) is 0.390. The van der Waals surface area contributed by atoms with E-state index in [1.165, 1.54) is 12.1 Å². The van der Waals surface area contributed by atoms with Gasteiger partial charge in [0, 0.05) is 9.13 Å². The van der Waals surface area contributed by atoms with E-state index in [-0.39, 0.29) is 22.2 Å². The third-order valence-electron chi connectivity index (χ3n) is 3.72. The van der Waals surface area contributed by atoms with Crippen molar-refractivity contribution in [3.05, 3.63) is 88.0 Å². The van der Waals surface area contributed by atoms with Gasteiger partial charge in [0.2, 0.25) is 9.84 Å². The molecule has 0 saturated carbocycles. The fourth-order valence-electron chi connectivity index (χ4n) is 2.32. The Balaban J connectivity index is 1.68. The molecule has 0 unspecified atom stereocenters. The van der Waals surface area contributed by atoms with Gasteiger partial charge in [0.1, 0.15) is 5.75 Å². The standard InChI is InChI=1S/C20H15IO4S/c21-16-8-6-15(7-9-16)20(22)14-25-17-10-12-19(13-11-17)26(23,24)18-4-2-1-3-5-18/h1-13H,14H2. The maximum atomic E-state index is 12.5. The van der Waals surface area contributed by atoms with Crippen LogP contribution in [0.25, 0.3) is 0 Å². The van der Waals surface area contributed by atoms with Gasteiger partial charge < -0.3 is 4.74 Å². The van der Waals surface area contributed by atoms with Crippen molar-refractivity contribution >= 4 is 38.2 Å². The van der Waals surface area contributed by atoms with E-state index in [0.717, 1.165) is 3.57 Å². The number of rotatable bonds is 6. The second kappa shape index (κ2) is 8.01. The summed E-state index contributed by atoms with van der Waals surface area (Å²) in [5.41, 5.74) is 0.577. The molecule has 132 valence electrons. The van der Waals surface area contributed by atoms with Crippen LogP contribution in [-0.4, -0.2) is 20.8 Å². The SMILES string of the molecule is O=C(COc1ccc(S(=O)(=O)c2ccccc2)cc1)c1ccc(I)cc1. The van der Waals surface area contributed by atoms with Crippen molar-refractivity contribution < 1.29 is 17.9 Å². The van der Waals surface area contributed by atoms with Gasteiger partial charge in [-0.15, -0.1) is 0 Å². The molecule has 3 aromatic rings. The Bertz CT molecular complexity index is 996. The Hall–Kier alpha value is -2.19. The first kappa shape index (κ1) is 18.6. The van der Waals surface area contributed by atoms with Crippen LogP contribution in [0.15, 0.2) is 88.7 Å². The van der Waals surface area contributed by atoms with Gasteiger partial charge in [-0.2, -0.15) is 0 Å². The number of ketones is 1. The predicted molar refractivity (Wildman–Crippen MR) is 107 cm³/mol. The summed E-state index contributed by atoms with van der Waals surface area (Å²) in [7, 11) is -3.56. The number of hydrogen-bond donors (Lipinski definition) is 0. The highest BCUT2D eigenvalue weighted by Crippen LogP contribution is 2.23. The molecule has 0 fully saturated rings. The molecule has 0 aliphatic carbocycles. The van der Waals surface area contributed by atoms with E-state index in [4.69, 9.17) is 4.74 Å². The van der Waals surface area contributed by atoms with Crippen molar-refractivity contribution in [3.63, 3.8) is 0 Å². The summed E-state index contributed by atoms with van der Waals surface area (Å²) in [4.78, 5) is 12.5. The van der Waals surface area contributed by atoms with E-state index < -0.39 is 9.84 Å². The van der Waals surface area contributed by atoms with Crippen LogP contribution in [-0.2, 0) is 9.84 Å². The minimum Gasteiger partial charge on any atom is -0.485 e. The zero-order valence-corrected chi connectivity index (χ0v) is 16.6. The lowest BCUT2D eigenvalue weighted by Gasteiger charge is -2.08. The molecule has 0 aliphatic rings. The van der Waals surface area contributed by atoms with Crippen molar-refractivity contribution in [2.24, 2.45) is 0 Å². The molecule has 0 heterocycles. The molecule has 0 bridgehead atoms. The lowest BCUT2D eigenvalue weighted by molar-refractivity contribution is 0.0921. The lowest BCUT2D eigenvalue weighted by atomic mass is 10.1. The molecule has 0 aliphatic heterocycles. The second-order valence-corrected chi connectivity index (χ2v) is 8.70. The fourth-order valence-corrected chi connectivity index (χ4v) is 3.96. The first-order valence-corrected chi connectivity index (χ1v) is 10.3. The van der Waals surface area contributed by atoms with Crippen LogP contribution in [0, 0.1) is 3.57 Å². The van der Waals surface area contributed by atoms with E-state index >= 15 is 0 Å². The number of benzene rings is 3. The average Bonchev–Trinajstić information content (AvgIpc) is 2.67. The van der Waals surface area contributed by atoms with Crippen molar-refractivity contribution in [3.8, 4) is 5.75 Å². The van der Waals surface area contributed by atoms with E-state index in [0.29, 0.717) is 11.3 Å². The fraction of sp³-hybridized carbons (Fsp3) is 0.0500. The predicted octanol–water partition coefficient (Wildman–Crippen LogP) is 4.39. The number of hydrogen-bond acceptors (Lipinski definition) is 4. The maximum absolute atomic E-state index is 12.5. The Morgan fingerprint density at radius 2 is 1.38 bits per heavy atom. The summed E-state index contributed by atoms with van der Waals surface area (Å²) in [6.07, 6.45) is 0. The van der Waals surface area contributed by atoms with E-state index in [2.05, 4.69) is 22.6 Å². The molecule has 0 atom stereocenters. The molecule has 0 radical (unpaired) electrons. The van der Waals surface area contributed by atoms with Crippen molar-refractivity contribution in [1.82, 2.24) is 0 Å². The molecular weight excluding hydrogens is 463 g/mol. The largest absolute Gasteiger partial charge is 0.485 e. The van der Waals surface area contributed by atoms with Crippen LogP contribution >= 0.6 is 22.6 Å². The third-order valence-corrected chi connectivity index (χ3v) is 6.23. The highest BCUT2D eigenvalue weighted by atomic mass is 127. The van der Waals surface area contributed by atoms with Crippen molar-refractivity contribution in [2.45, 2.75) is 9.79 Å². The molecule has 0 aromatic heterocycles. The highest BCUT2D eigenvalue weighted by molar-refractivity contribution is 14.1. The van der Waals surface area contributed by atoms with Gasteiger partial charge in [-0.25, -0.2) is 8.42 Å². The molecule has 0 saturated heterocycles. The number of sulfone groups is 1. The van der Waals surface area contributed by atoms with Crippen LogP contribution in [0.3, 0.4) is 0 Å². The monoisotopic (exact) mass is 478 g/mol. The molecule has 0 amide bonds. The van der Waals surface area contributed by atoms with Crippen molar-refractivity contribution in [1.29, 1.82) is 0 Å². The Labute approximate surface area is 165 Å². The number of halogens is 1. The van der Waals surface area contributed by atoms with Gasteiger partial charge in [0.25, 0.3) is 0 Å². The number of carbonyl (C=O) groups excluding carboxylic acids is 1. The summed E-state index contributed by atoms with van der Waals surface area (Å²) in [5, 5.41) is 0. The zero-order chi connectivity index (χ0) is 18.6. The van der Waals surface area contributed by atoms with Gasteiger partial charge in [-0.1, -0.05) is 30.3 Å². The summed E-state index contributed by atoms with van der Waals surface area (Å²) in [6.45, 7) is -0.106. The van der Waals surface area contributed by atoms with Gasteiger partial charge in [0.15, 0.2) is 12.4 Å². The van der Waals surface area contributed by atoms with Crippen LogP contribution in [0.2, 0.25) is 0 Å². The van der Waals surface area contributed by atoms with Gasteiger partial charge in [-0.3, -0.25) is 4.79 Å². The first-order valence-electron chi connectivity index (χ1n) is 7.78. The van der Waals surface area contributed by atoms with E-state index in [1.54, 1.807) is 54.6 Å². The number of Topliss-reactive ketones (excluding diaryl/α,β-unsaturated/α-hetero) is 1. The average molecular weight is 478 g/mol. The maximum Gasteiger partial charge on any atom is 0.206 e. The molecular formula is C20H15IO4S. The Morgan fingerprint density at radius 1 is 0.808 bits per heavy atom. The Kier molecular flexibility index (Phi) is 5.73. The first-order chi connectivity index (χ1) is 12.5. The highest BCUT2D eigenvalue weighted by Gasteiger charge is 2.17. The molecule has 3 aromatic carbocycles. The van der Waals surface area contributed by atoms with Gasteiger partial charge in [0.05, 0.1) is 9.79 Å². The summed E-state index contributed by atoms with van der Waals surface area (Å²) < 4.78 is 31.6. The molecule has 26 heavy (non-hydrogen) atoms. The smallest absolute Gasteiger partial charge is 0.206 e. The van der Waals surface area contributed by atoms with Crippen LogP contribution < -0.4 is 4.74 Å². The van der Waals surface area contributed by atoms with E-state index in [9.17, 15) is 13.2 Å². The lowest BCUT2D eigenvalue weighted by Crippen LogP contribution is -2.11. The molecule has 3 rings (SSSR count). The summed E-state index contributed by atoms with van der Waals surface area (Å²) in [6, 6.07) is 21.5. The van der Waals surface area contributed by atoms with Gasteiger partial charge >= 0.3 is 0 Å². The molecule has 4 nitrogen and oxygen atoms in total. The molecule has 0 N–H and O–H groups in total. The van der Waals surface area contributed by atoms with Gasteiger partial charge in [-0.05, 0) is 71.1 Å². The number of ether oxygens (including phenoxy) is 1. The van der Waals surface area contributed by atoms with Crippen molar-refractivity contribution in [2.75, 3.05) is 6.61 Å². The van der Waals surface area contributed by atoms with Crippen LogP contribution in [0.1, 0.15) is 10.4 Å². The number of carbonyl (C=O) groups is 1. The minimum absolute atomic E-state index is 0.106. The van der Waals surface area contributed by atoms with E-state index in [1.807, 2.05) is 12.1 Å². The third kappa shape index (κ3) is 4.31. The molecule has 6 heteroatoms. The molecule has 0 spiro atoms. The second-order valence-electron chi connectivity index (χ2n) is 5.51.